The fraction of sp³-hybridized carbons (Fsp3) is 0.500. The number of nitrogens with zero attached hydrogens (tertiary/aromatic N) is 1. The van der Waals surface area contributed by atoms with E-state index < -0.39 is 0 Å². The summed E-state index contributed by atoms with van der Waals surface area (Å²) in [5.41, 5.74) is 0.930. The first-order valence-corrected chi connectivity index (χ1v) is 7.45. The molecule has 0 saturated carbocycles. The largest absolute Gasteiger partial charge is 0.395 e. The lowest BCUT2D eigenvalue weighted by Gasteiger charge is -2.26. The Labute approximate surface area is 122 Å². The van der Waals surface area contributed by atoms with Crippen LogP contribution < -0.4 is 5.32 Å². The van der Waals surface area contributed by atoms with E-state index in [9.17, 15) is 4.79 Å². The van der Waals surface area contributed by atoms with Crippen LogP contribution in [0.25, 0.3) is 0 Å². The molecule has 5 nitrogen and oxygen atoms in total. The number of thiophene rings is 1. The van der Waals surface area contributed by atoms with Gasteiger partial charge in [0.25, 0.3) is 0 Å². The van der Waals surface area contributed by atoms with Gasteiger partial charge in [-0.15, -0.1) is 11.3 Å². The van der Waals surface area contributed by atoms with Gasteiger partial charge in [0.2, 0.25) is 0 Å². The van der Waals surface area contributed by atoms with Gasteiger partial charge in [0, 0.05) is 35.3 Å². The van der Waals surface area contributed by atoms with E-state index in [-0.39, 0.29) is 12.6 Å². The number of hydrogen-bond acceptors (Lipinski definition) is 4. The second kappa shape index (κ2) is 7.90. The van der Waals surface area contributed by atoms with Crippen LogP contribution in [0.4, 0.5) is 4.79 Å². The van der Waals surface area contributed by atoms with Crippen molar-refractivity contribution in [3.05, 3.63) is 21.9 Å². The Morgan fingerprint density at radius 2 is 2.30 bits per heavy atom. The summed E-state index contributed by atoms with van der Waals surface area (Å²) < 4.78 is 5.21. The Balaban J connectivity index is 1.79. The summed E-state index contributed by atoms with van der Waals surface area (Å²) in [6.07, 6.45) is 0.485. The zero-order valence-electron chi connectivity index (χ0n) is 11.2. The van der Waals surface area contributed by atoms with E-state index in [1.807, 2.05) is 11.4 Å². The van der Waals surface area contributed by atoms with E-state index in [2.05, 4.69) is 17.2 Å². The number of carbonyl (C=O) groups is 1. The average Bonchev–Trinajstić information content (AvgIpc) is 2.94. The summed E-state index contributed by atoms with van der Waals surface area (Å²) in [7, 11) is 0. The normalized spacial score (nSPS) is 14.6. The number of ether oxygens (including phenoxy) is 1. The van der Waals surface area contributed by atoms with Crippen molar-refractivity contribution in [2.24, 2.45) is 0 Å². The molecule has 1 fully saturated rings. The van der Waals surface area contributed by atoms with Gasteiger partial charge in [0.15, 0.2) is 0 Å². The molecule has 2 rings (SSSR count). The lowest BCUT2D eigenvalue weighted by atomic mass is 10.3. The van der Waals surface area contributed by atoms with Gasteiger partial charge in [-0.3, -0.25) is 0 Å². The van der Waals surface area contributed by atoms with Crippen LogP contribution in [0.2, 0.25) is 0 Å². The number of aliphatic hydroxyl groups excluding tert-OH is 1. The fourth-order valence-corrected chi connectivity index (χ4v) is 2.56. The maximum absolute atomic E-state index is 11.9. The third kappa shape index (κ3) is 4.53. The molecule has 20 heavy (non-hydrogen) atoms. The van der Waals surface area contributed by atoms with Crippen molar-refractivity contribution in [3.8, 4) is 11.8 Å². The average molecular weight is 294 g/mol. The number of morpholine rings is 1. The first-order chi connectivity index (χ1) is 9.79. The standard InChI is InChI=1S/C14H18N2O3S/c17-6-2-1-3-12-9-13(20-11-12)10-15-14(18)16-4-7-19-8-5-16/h9,11,17H,2,4-8,10H2,(H,15,18). The molecule has 1 aliphatic heterocycles. The third-order valence-corrected chi connectivity index (χ3v) is 3.77. The van der Waals surface area contributed by atoms with Crippen LogP contribution >= 0.6 is 11.3 Å². The molecule has 6 heteroatoms. The van der Waals surface area contributed by atoms with Crippen molar-refractivity contribution < 1.29 is 14.6 Å². The molecule has 1 saturated heterocycles. The lowest BCUT2D eigenvalue weighted by molar-refractivity contribution is 0.0531. The molecule has 0 aromatic carbocycles. The molecular formula is C14H18N2O3S. The van der Waals surface area contributed by atoms with E-state index in [0.29, 0.717) is 39.3 Å². The molecule has 0 aliphatic carbocycles. The number of carbonyl (C=O) groups excluding carboxylic acids is 1. The van der Waals surface area contributed by atoms with Crippen LogP contribution in [0.15, 0.2) is 11.4 Å². The molecule has 1 aromatic heterocycles. The van der Waals surface area contributed by atoms with Crippen molar-refractivity contribution in [3.63, 3.8) is 0 Å². The van der Waals surface area contributed by atoms with E-state index in [0.717, 1.165) is 10.4 Å². The van der Waals surface area contributed by atoms with Crippen LogP contribution in [0.1, 0.15) is 16.9 Å². The second-order valence-corrected chi connectivity index (χ2v) is 5.33. The van der Waals surface area contributed by atoms with Crippen molar-refractivity contribution in [1.29, 1.82) is 0 Å². The minimum Gasteiger partial charge on any atom is -0.395 e. The van der Waals surface area contributed by atoms with Gasteiger partial charge in [-0.25, -0.2) is 4.79 Å². The van der Waals surface area contributed by atoms with Crippen LogP contribution in [0.5, 0.6) is 0 Å². The highest BCUT2D eigenvalue weighted by molar-refractivity contribution is 7.10. The SMILES string of the molecule is O=C(NCc1cc(C#CCCO)cs1)N1CCOCC1. The molecular weight excluding hydrogens is 276 g/mol. The van der Waals surface area contributed by atoms with Crippen LogP contribution in [-0.4, -0.2) is 48.9 Å². The number of rotatable bonds is 3. The number of amides is 2. The topological polar surface area (TPSA) is 61.8 Å². The number of hydrogen-bond donors (Lipinski definition) is 2. The van der Waals surface area contributed by atoms with E-state index >= 15 is 0 Å². The molecule has 2 amide bonds. The van der Waals surface area contributed by atoms with Crippen LogP contribution in [0, 0.1) is 11.8 Å². The molecule has 0 bridgehead atoms. The lowest BCUT2D eigenvalue weighted by Crippen LogP contribution is -2.45. The second-order valence-electron chi connectivity index (χ2n) is 4.34. The van der Waals surface area contributed by atoms with Gasteiger partial charge in [-0.05, 0) is 6.07 Å². The first kappa shape index (κ1) is 14.9. The van der Waals surface area contributed by atoms with Crippen molar-refractivity contribution in [2.45, 2.75) is 13.0 Å². The Hall–Kier alpha value is -1.55. The zero-order chi connectivity index (χ0) is 14.2. The van der Waals surface area contributed by atoms with Crippen LogP contribution in [0.3, 0.4) is 0 Å². The van der Waals surface area contributed by atoms with Gasteiger partial charge in [0.1, 0.15) is 0 Å². The quantitative estimate of drug-likeness (QED) is 0.818. The molecule has 0 radical (unpaired) electrons. The van der Waals surface area contributed by atoms with Crippen LogP contribution in [-0.2, 0) is 11.3 Å². The Bertz CT molecular complexity index is 498. The minimum atomic E-state index is -0.0467. The van der Waals surface area contributed by atoms with Gasteiger partial charge in [0.05, 0.1) is 26.4 Å². The summed E-state index contributed by atoms with van der Waals surface area (Å²) in [6, 6.07) is 1.92. The smallest absolute Gasteiger partial charge is 0.317 e. The highest BCUT2D eigenvalue weighted by Gasteiger charge is 2.16. The van der Waals surface area contributed by atoms with Gasteiger partial charge in [-0.1, -0.05) is 11.8 Å². The maximum Gasteiger partial charge on any atom is 0.317 e. The molecule has 2 heterocycles. The van der Waals surface area contributed by atoms with E-state index in [1.165, 1.54) is 0 Å². The zero-order valence-corrected chi connectivity index (χ0v) is 12.0. The van der Waals surface area contributed by atoms with E-state index in [1.54, 1.807) is 16.2 Å². The third-order valence-electron chi connectivity index (χ3n) is 2.84. The molecule has 1 aliphatic rings. The summed E-state index contributed by atoms with van der Waals surface area (Å²) >= 11 is 1.57. The molecule has 0 atom stereocenters. The van der Waals surface area contributed by atoms with Gasteiger partial charge < -0.3 is 20.1 Å². The van der Waals surface area contributed by atoms with Gasteiger partial charge in [-0.2, -0.15) is 0 Å². The van der Waals surface area contributed by atoms with Crippen molar-refractivity contribution in [2.75, 3.05) is 32.9 Å². The molecule has 2 N–H and O–H groups in total. The molecule has 108 valence electrons. The summed E-state index contributed by atoms with van der Waals surface area (Å²) in [5, 5.41) is 13.5. The summed E-state index contributed by atoms with van der Waals surface area (Å²) in [6.45, 7) is 3.11. The fourth-order valence-electron chi connectivity index (χ4n) is 1.80. The predicted octanol–water partition coefficient (Wildman–Crippen LogP) is 1.02. The Morgan fingerprint density at radius 3 is 3.05 bits per heavy atom. The molecule has 1 aromatic rings. The molecule has 0 unspecified atom stereocenters. The summed E-state index contributed by atoms with van der Waals surface area (Å²) in [4.78, 5) is 14.7. The highest BCUT2D eigenvalue weighted by atomic mass is 32.1. The van der Waals surface area contributed by atoms with Crippen molar-refractivity contribution >= 4 is 17.4 Å². The summed E-state index contributed by atoms with van der Waals surface area (Å²) in [5.74, 6) is 5.86. The van der Waals surface area contributed by atoms with Gasteiger partial charge >= 0.3 is 6.03 Å². The number of urea groups is 1. The van der Waals surface area contributed by atoms with Crippen molar-refractivity contribution in [1.82, 2.24) is 10.2 Å². The Kier molecular flexibility index (Phi) is 5.87. The number of aliphatic hydroxyl groups is 1. The highest BCUT2D eigenvalue weighted by Crippen LogP contribution is 2.13. The monoisotopic (exact) mass is 294 g/mol. The maximum atomic E-state index is 11.9. The first-order valence-electron chi connectivity index (χ1n) is 6.57. The Morgan fingerprint density at radius 1 is 1.50 bits per heavy atom. The minimum absolute atomic E-state index is 0.0467. The number of nitrogens with one attached hydrogen (secondary N) is 1. The predicted molar refractivity (Wildman–Crippen MR) is 77.5 cm³/mol. The van der Waals surface area contributed by atoms with E-state index in [4.69, 9.17) is 9.84 Å². The molecule has 0 spiro atoms.